The molecule has 15 heavy (non-hydrogen) atoms. The molecule has 1 rings (SSSR count). The van der Waals surface area contributed by atoms with E-state index in [9.17, 15) is 4.39 Å². The summed E-state index contributed by atoms with van der Waals surface area (Å²) >= 11 is 0. The summed E-state index contributed by atoms with van der Waals surface area (Å²) in [7, 11) is -0.855. The molecule has 0 aliphatic rings. The van der Waals surface area contributed by atoms with Crippen LogP contribution in [0.15, 0.2) is 24.3 Å². The van der Waals surface area contributed by atoms with Gasteiger partial charge in [-0.05, 0) is 30.2 Å². The van der Waals surface area contributed by atoms with Gasteiger partial charge >= 0.3 is 0 Å². The maximum absolute atomic E-state index is 12.8. The van der Waals surface area contributed by atoms with Crippen LogP contribution < -0.4 is 0 Å². The Morgan fingerprint density at radius 3 is 2.87 bits per heavy atom. The lowest BCUT2D eigenvalue weighted by molar-refractivity contribution is -0.180. The Kier molecular flexibility index (Phi) is 5.48. The van der Waals surface area contributed by atoms with Crippen molar-refractivity contribution in [3.8, 4) is 0 Å². The second-order valence-electron chi connectivity index (χ2n) is 3.28. The minimum atomic E-state index is -1.63. The lowest BCUT2D eigenvalue weighted by Crippen LogP contribution is -2.13. The molecule has 0 saturated carbocycles. The van der Waals surface area contributed by atoms with E-state index in [0.29, 0.717) is 0 Å². The highest BCUT2D eigenvalue weighted by atomic mass is 28.2. The van der Waals surface area contributed by atoms with E-state index in [4.69, 9.17) is 10.2 Å². The van der Waals surface area contributed by atoms with Gasteiger partial charge in [-0.1, -0.05) is 18.6 Å². The molecular weight excluding hydrogens is 215 g/mol. The average molecular weight is 230 g/mol. The van der Waals surface area contributed by atoms with Crippen molar-refractivity contribution in [2.75, 3.05) is 0 Å². The molecular formula is C10H15FO3Si. The van der Waals surface area contributed by atoms with Gasteiger partial charge in [0.05, 0.1) is 0 Å². The van der Waals surface area contributed by atoms with Gasteiger partial charge in [-0.3, -0.25) is 0 Å². The Morgan fingerprint density at radius 2 is 2.20 bits per heavy atom. The van der Waals surface area contributed by atoms with Crippen molar-refractivity contribution in [2.24, 2.45) is 0 Å². The summed E-state index contributed by atoms with van der Waals surface area (Å²) in [6.07, 6.45) is 1.69. The molecule has 0 radical (unpaired) electrons. The maximum atomic E-state index is 12.8. The summed E-state index contributed by atoms with van der Waals surface area (Å²) in [5.74, 6) is -0.216. The van der Waals surface area contributed by atoms with Crippen molar-refractivity contribution in [1.29, 1.82) is 0 Å². The van der Waals surface area contributed by atoms with Gasteiger partial charge in [-0.2, -0.15) is 0 Å². The first kappa shape index (κ1) is 12.3. The molecule has 0 amide bonds. The topological polar surface area (TPSA) is 49.7 Å². The third kappa shape index (κ3) is 5.63. The molecule has 0 heterocycles. The standard InChI is InChI=1S/C10H15FO3Si/c11-9-5-1-3-8(7-9)4-2-6-15-14-10(12)13/h1,3,5,7,10,12-13H,2,4,6,15H2. The van der Waals surface area contributed by atoms with Crippen molar-refractivity contribution in [2.45, 2.75) is 25.4 Å². The Bertz CT molecular complexity index is 294. The van der Waals surface area contributed by atoms with E-state index in [1.807, 2.05) is 6.07 Å². The molecule has 1 aromatic rings. The van der Waals surface area contributed by atoms with Gasteiger partial charge < -0.3 is 14.6 Å². The molecule has 3 nitrogen and oxygen atoms in total. The molecule has 0 atom stereocenters. The summed E-state index contributed by atoms with van der Waals surface area (Å²) in [5.41, 5.74) is 0.966. The fourth-order valence-corrected chi connectivity index (χ4v) is 2.14. The predicted molar refractivity (Wildman–Crippen MR) is 57.4 cm³/mol. The molecule has 0 aliphatic heterocycles. The Morgan fingerprint density at radius 1 is 1.40 bits per heavy atom. The lowest BCUT2D eigenvalue weighted by Gasteiger charge is -2.05. The number of rotatable bonds is 6. The van der Waals surface area contributed by atoms with Crippen LogP contribution in [0.2, 0.25) is 6.04 Å². The number of aliphatic hydroxyl groups excluding tert-OH is 1. The molecule has 2 N–H and O–H groups in total. The van der Waals surface area contributed by atoms with Gasteiger partial charge in [0.1, 0.15) is 5.82 Å². The van der Waals surface area contributed by atoms with Crippen LogP contribution in [-0.2, 0) is 10.8 Å². The second kappa shape index (κ2) is 6.68. The average Bonchev–Trinajstić information content (AvgIpc) is 2.17. The minimum absolute atomic E-state index is 0.216. The van der Waals surface area contributed by atoms with Crippen molar-refractivity contribution in [3.63, 3.8) is 0 Å². The van der Waals surface area contributed by atoms with Gasteiger partial charge in [-0.15, -0.1) is 0 Å². The highest BCUT2D eigenvalue weighted by Gasteiger charge is 1.98. The highest BCUT2D eigenvalue weighted by molar-refractivity contribution is 6.26. The zero-order valence-corrected chi connectivity index (χ0v) is 9.81. The quantitative estimate of drug-likeness (QED) is 0.426. The van der Waals surface area contributed by atoms with E-state index in [-0.39, 0.29) is 5.82 Å². The number of halogens is 1. The number of hydrogen-bond donors (Lipinski definition) is 2. The maximum Gasteiger partial charge on any atom is 0.256 e. The van der Waals surface area contributed by atoms with Gasteiger partial charge in [-0.25, -0.2) is 4.39 Å². The summed E-state index contributed by atoms with van der Waals surface area (Å²) in [5, 5.41) is 16.8. The van der Waals surface area contributed by atoms with Crippen LogP contribution in [0, 0.1) is 5.82 Å². The largest absolute Gasteiger partial charge is 0.379 e. The molecule has 0 bridgehead atoms. The molecule has 5 heteroatoms. The van der Waals surface area contributed by atoms with Crippen molar-refractivity contribution < 1.29 is 19.0 Å². The number of aliphatic hydroxyl groups is 2. The second-order valence-corrected chi connectivity index (χ2v) is 4.73. The zero-order valence-electron chi connectivity index (χ0n) is 8.40. The Balaban J connectivity index is 2.15. The van der Waals surface area contributed by atoms with E-state index in [0.717, 1.165) is 24.4 Å². The third-order valence-corrected chi connectivity index (χ3v) is 3.34. The predicted octanol–water partition coefficient (Wildman–Crippen LogP) is 0.545. The van der Waals surface area contributed by atoms with E-state index < -0.39 is 16.2 Å². The van der Waals surface area contributed by atoms with Gasteiger partial charge in [0.2, 0.25) is 0 Å². The van der Waals surface area contributed by atoms with Crippen LogP contribution in [-0.4, -0.2) is 26.5 Å². The molecule has 0 aliphatic carbocycles. The smallest absolute Gasteiger partial charge is 0.256 e. The van der Waals surface area contributed by atoms with Crippen LogP contribution >= 0.6 is 0 Å². The monoisotopic (exact) mass is 230 g/mol. The molecule has 0 saturated heterocycles. The first-order valence-electron chi connectivity index (χ1n) is 4.90. The van der Waals surface area contributed by atoms with Crippen molar-refractivity contribution in [1.82, 2.24) is 0 Å². The van der Waals surface area contributed by atoms with E-state index in [1.165, 1.54) is 12.1 Å². The Labute approximate surface area is 90.5 Å². The van der Waals surface area contributed by atoms with E-state index >= 15 is 0 Å². The number of benzene rings is 1. The molecule has 0 spiro atoms. The van der Waals surface area contributed by atoms with Crippen LogP contribution in [0.3, 0.4) is 0 Å². The highest BCUT2D eigenvalue weighted by Crippen LogP contribution is 2.07. The number of aryl methyl sites for hydroxylation is 1. The van der Waals surface area contributed by atoms with Gasteiger partial charge in [0, 0.05) is 0 Å². The zero-order chi connectivity index (χ0) is 11.1. The SMILES string of the molecule is OC(O)O[SiH2]CCCc1cccc(F)c1. The first-order valence-corrected chi connectivity index (χ1v) is 6.48. The van der Waals surface area contributed by atoms with E-state index in [2.05, 4.69) is 4.43 Å². The molecule has 0 fully saturated rings. The van der Waals surface area contributed by atoms with Gasteiger partial charge in [0.25, 0.3) is 6.48 Å². The first-order chi connectivity index (χ1) is 7.18. The van der Waals surface area contributed by atoms with Crippen molar-refractivity contribution >= 4 is 9.76 Å². The van der Waals surface area contributed by atoms with Crippen LogP contribution in [0.5, 0.6) is 0 Å². The van der Waals surface area contributed by atoms with E-state index in [1.54, 1.807) is 6.07 Å². The summed E-state index contributed by atoms with van der Waals surface area (Å²) in [6, 6.07) is 7.36. The Hall–Kier alpha value is -0.753. The molecule has 1 aromatic carbocycles. The fraction of sp³-hybridized carbons (Fsp3) is 0.400. The lowest BCUT2D eigenvalue weighted by atomic mass is 10.1. The van der Waals surface area contributed by atoms with Crippen molar-refractivity contribution in [3.05, 3.63) is 35.6 Å². The van der Waals surface area contributed by atoms with Crippen LogP contribution in [0.4, 0.5) is 4.39 Å². The third-order valence-electron chi connectivity index (χ3n) is 2.02. The summed E-state index contributed by atoms with van der Waals surface area (Å²) in [4.78, 5) is 0. The molecule has 0 unspecified atom stereocenters. The van der Waals surface area contributed by atoms with Crippen LogP contribution in [0.1, 0.15) is 12.0 Å². The fourth-order valence-electron chi connectivity index (χ4n) is 1.31. The minimum Gasteiger partial charge on any atom is -0.379 e. The molecule has 0 aromatic heterocycles. The summed E-state index contributed by atoms with van der Waals surface area (Å²) in [6.45, 7) is -1.63. The number of hydrogen-bond acceptors (Lipinski definition) is 3. The normalized spacial score (nSPS) is 11.7. The summed E-state index contributed by atoms with van der Waals surface area (Å²) < 4.78 is 17.4. The van der Waals surface area contributed by atoms with Crippen LogP contribution in [0.25, 0.3) is 0 Å². The van der Waals surface area contributed by atoms with Gasteiger partial charge in [0.15, 0.2) is 9.76 Å². The molecule has 84 valence electrons.